The third-order valence-electron chi connectivity index (χ3n) is 5.00. The Labute approximate surface area is 196 Å². The average molecular weight is 467 g/mol. The van der Waals surface area contributed by atoms with Crippen molar-refractivity contribution in [1.29, 1.82) is 0 Å². The molecule has 1 aliphatic heterocycles. The van der Waals surface area contributed by atoms with Gasteiger partial charge in [0.2, 0.25) is 5.91 Å². The number of nitrogens with one attached hydrogen (secondary N) is 2. The molecule has 3 amide bonds. The van der Waals surface area contributed by atoms with Crippen molar-refractivity contribution in [2.45, 2.75) is 20.3 Å². The van der Waals surface area contributed by atoms with E-state index in [1.54, 1.807) is 25.1 Å². The van der Waals surface area contributed by atoms with Crippen molar-refractivity contribution in [3.8, 4) is 0 Å². The number of carbonyl (C=O) groups is 5. The summed E-state index contributed by atoms with van der Waals surface area (Å²) in [6, 6.07) is 12.9. The van der Waals surface area contributed by atoms with E-state index >= 15 is 0 Å². The van der Waals surface area contributed by atoms with Gasteiger partial charge in [0.15, 0.2) is 6.61 Å². The predicted octanol–water partition coefficient (Wildman–Crippen LogP) is 1.85. The van der Waals surface area contributed by atoms with Crippen molar-refractivity contribution in [2.75, 3.05) is 25.1 Å². The molecule has 1 atom stereocenters. The van der Waals surface area contributed by atoms with Crippen LogP contribution in [0.2, 0.25) is 0 Å². The van der Waals surface area contributed by atoms with Crippen LogP contribution in [0.3, 0.4) is 0 Å². The van der Waals surface area contributed by atoms with Crippen LogP contribution in [-0.2, 0) is 23.9 Å². The number of anilines is 1. The fraction of sp³-hybridized carbons (Fsp3) is 0.292. The molecule has 1 saturated heterocycles. The normalized spacial score (nSPS) is 14.9. The number of nitrogens with zero attached hydrogens (tertiary/aromatic N) is 1. The van der Waals surface area contributed by atoms with Crippen molar-refractivity contribution in [2.24, 2.45) is 5.92 Å². The molecule has 1 aliphatic rings. The van der Waals surface area contributed by atoms with Gasteiger partial charge in [-0.15, -0.1) is 0 Å². The van der Waals surface area contributed by atoms with E-state index in [0.717, 1.165) is 10.6 Å². The van der Waals surface area contributed by atoms with Gasteiger partial charge in [-0.1, -0.05) is 17.7 Å². The topological polar surface area (TPSA) is 131 Å². The Hall–Kier alpha value is -4.21. The standard InChI is InChI=1S/C24H25N3O7/c1-3-33-23(31)16-7-9-19(10-8-16)25-20(28)14-34-24(32)18-12-21(29)27(13-18)26-22(30)17-6-4-5-15(2)11-17/h4-11,18H,3,12-14H2,1-2H3,(H,25,28)(H,26,30)/t18-/m1/s1. The second kappa shape index (κ2) is 11.1. The minimum atomic E-state index is -0.804. The molecule has 34 heavy (non-hydrogen) atoms. The molecule has 0 aromatic heterocycles. The van der Waals surface area contributed by atoms with Gasteiger partial charge >= 0.3 is 11.9 Å². The van der Waals surface area contributed by atoms with Gasteiger partial charge in [0.1, 0.15) is 0 Å². The van der Waals surface area contributed by atoms with Crippen LogP contribution in [0.5, 0.6) is 0 Å². The first kappa shape index (κ1) is 24.4. The first-order valence-corrected chi connectivity index (χ1v) is 10.7. The molecule has 2 aromatic carbocycles. The summed E-state index contributed by atoms with van der Waals surface area (Å²) in [6.45, 7) is 3.21. The number of carbonyl (C=O) groups excluding carboxylic acids is 5. The minimum Gasteiger partial charge on any atom is -0.462 e. The molecular formula is C24H25N3O7. The van der Waals surface area contributed by atoms with E-state index in [4.69, 9.17) is 9.47 Å². The number of hydrogen-bond acceptors (Lipinski definition) is 7. The summed E-state index contributed by atoms with van der Waals surface area (Å²) in [5, 5.41) is 3.63. The molecule has 10 heteroatoms. The number of esters is 2. The Morgan fingerprint density at radius 1 is 1.03 bits per heavy atom. The van der Waals surface area contributed by atoms with Gasteiger partial charge in [-0.3, -0.25) is 29.6 Å². The summed E-state index contributed by atoms with van der Waals surface area (Å²) in [7, 11) is 0. The van der Waals surface area contributed by atoms with Crippen LogP contribution in [0.15, 0.2) is 48.5 Å². The third kappa shape index (κ3) is 6.41. The van der Waals surface area contributed by atoms with E-state index in [0.29, 0.717) is 16.8 Å². The van der Waals surface area contributed by atoms with E-state index in [-0.39, 0.29) is 19.6 Å². The number of amides is 3. The lowest BCUT2D eigenvalue weighted by molar-refractivity contribution is -0.151. The quantitative estimate of drug-likeness (QED) is 0.567. The monoisotopic (exact) mass is 467 g/mol. The Kier molecular flexibility index (Phi) is 7.96. The highest BCUT2D eigenvalue weighted by atomic mass is 16.5. The summed E-state index contributed by atoms with van der Waals surface area (Å²) < 4.78 is 9.93. The number of hydrazine groups is 1. The molecular weight excluding hydrogens is 442 g/mol. The molecule has 3 rings (SSSR count). The van der Waals surface area contributed by atoms with Crippen molar-refractivity contribution in [1.82, 2.24) is 10.4 Å². The highest BCUT2D eigenvalue weighted by molar-refractivity contribution is 5.97. The predicted molar refractivity (Wildman–Crippen MR) is 120 cm³/mol. The van der Waals surface area contributed by atoms with Gasteiger partial charge in [-0.25, -0.2) is 4.79 Å². The molecule has 0 radical (unpaired) electrons. The Balaban J connectivity index is 1.45. The smallest absolute Gasteiger partial charge is 0.338 e. The van der Waals surface area contributed by atoms with Crippen LogP contribution >= 0.6 is 0 Å². The zero-order valence-electron chi connectivity index (χ0n) is 18.8. The van der Waals surface area contributed by atoms with Crippen LogP contribution in [0.1, 0.15) is 39.6 Å². The lowest BCUT2D eigenvalue weighted by Gasteiger charge is -2.17. The summed E-state index contributed by atoms with van der Waals surface area (Å²) in [5.74, 6) is -3.44. The first-order valence-electron chi connectivity index (χ1n) is 10.7. The maximum Gasteiger partial charge on any atom is 0.338 e. The van der Waals surface area contributed by atoms with E-state index in [1.807, 2.05) is 13.0 Å². The van der Waals surface area contributed by atoms with Crippen LogP contribution < -0.4 is 10.7 Å². The first-order chi connectivity index (χ1) is 16.3. The molecule has 1 heterocycles. The van der Waals surface area contributed by atoms with Gasteiger partial charge in [-0.2, -0.15) is 0 Å². The third-order valence-corrected chi connectivity index (χ3v) is 5.00. The number of hydrogen-bond donors (Lipinski definition) is 2. The summed E-state index contributed by atoms with van der Waals surface area (Å²) >= 11 is 0. The largest absolute Gasteiger partial charge is 0.462 e. The second-order valence-electron chi connectivity index (χ2n) is 7.67. The summed E-state index contributed by atoms with van der Waals surface area (Å²) in [5.41, 5.74) is 4.55. The van der Waals surface area contributed by atoms with Crippen molar-refractivity contribution >= 4 is 35.3 Å². The zero-order valence-corrected chi connectivity index (χ0v) is 18.8. The number of aryl methyl sites for hydroxylation is 1. The molecule has 0 unspecified atom stereocenters. The minimum absolute atomic E-state index is 0.0494. The van der Waals surface area contributed by atoms with Gasteiger partial charge in [-0.05, 0) is 50.2 Å². The average Bonchev–Trinajstić information content (AvgIpc) is 3.18. The molecule has 1 fully saturated rings. The molecule has 0 saturated carbocycles. The van der Waals surface area contributed by atoms with Gasteiger partial charge < -0.3 is 14.8 Å². The Bertz CT molecular complexity index is 1100. The van der Waals surface area contributed by atoms with E-state index < -0.39 is 42.2 Å². The van der Waals surface area contributed by atoms with E-state index in [1.165, 1.54) is 24.3 Å². The Morgan fingerprint density at radius 2 is 1.76 bits per heavy atom. The zero-order chi connectivity index (χ0) is 24.7. The van der Waals surface area contributed by atoms with Gasteiger partial charge in [0.05, 0.1) is 24.6 Å². The molecule has 0 aliphatic carbocycles. The molecule has 10 nitrogen and oxygen atoms in total. The summed E-state index contributed by atoms with van der Waals surface area (Å²) in [4.78, 5) is 60.6. The van der Waals surface area contributed by atoms with Crippen LogP contribution in [0, 0.1) is 12.8 Å². The van der Waals surface area contributed by atoms with Crippen LogP contribution in [-0.4, -0.2) is 54.4 Å². The van der Waals surface area contributed by atoms with Crippen molar-refractivity contribution in [3.63, 3.8) is 0 Å². The lowest BCUT2D eigenvalue weighted by Crippen LogP contribution is -2.43. The van der Waals surface area contributed by atoms with Gasteiger partial charge in [0, 0.05) is 17.7 Å². The molecule has 178 valence electrons. The van der Waals surface area contributed by atoms with Crippen LogP contribution in [0.4, 0.5) is 5.69 Å². The van der Waals surface area contributed by atoms with Gasteiger partial charge in [0.25, 0.3) is 11.8 Å². The highest BCUT2D eigenvalue weighted by Gasteiger charge is 2.36. The Morgan fingerprint density at radius 3 is 2.44 bits per heavy atom. The molecule has 2 aromatic rings. The van der Waals surface area contributed by atoms with Crippen LogP contribution in [0.25, 0.3) is 0 Å². The van der Waals surface area contributed by atoms with Crippen molar-refractivity contribution < 1.29 is 33.4 Å². The number of ether oxygens (including phenoxy) is 2. The van der Waals surface area contributed by atoms with Crippen molar-refractivity contribution in [3.05, 3.63) is 65.2 Å². The maximum atomic E-state index is 12.4. The summed E-state index contributed by atoms with van der Waals surface area (Å²) in [6.07, 6.45) is -0.135. The second-order valence-corrected chi connectivity index (χ2v) is 7.67. The van der Waals surface area contributed by atoms with E-state index in [2.05, 4.69) is 10.7 Å². The fourth-order valence-electron chi connectivity index (χ4n) is 3.30. The number of rotatable bonds is 8. The SMILES string of the molecule is CCOC(=O)c1ccc(NC(=O)COC(=O)[C@@H]2CC(=O)N(NC(=O)c3cccc(C)c3)C2)cc1. The fourth-order valence-corrected chi connectivity index (χ4v) is 3.30. The lowest BCUT2D eigenvalue weighted by atomic mass is 10.1. The molecule has 0 spiro atoms. The highest BCUT2D eigenvalue weighted by Crippen LogP contribution is 2.18. The molecule has 0 bridgehead atoms. The number of benzene rings is 2. The molecule has 2 N–H and O–H groups in total. The van der Waals surface area contributed by atoms with E-state index in [9.17, 15) is 24.0 Å². The maximum absolute atomic E-state index is 12.4.